The second kappa shape index (κ2) is 7.07. The van der Waals surface area contributed by atoms with Crippen LogP contribution < -0.4 is 11.1 Å². The lowest BCUT2D eigenvalue weighted by molar-refractivity contribution is 1.23. The molecule has 0 unspecified atom stereocenters. The summed E-state index contributed by atoms with van der Waals surface area (Å²) >= 11 is 0. The fourth-order valence-corrected chi connectivity index (χ4v) is 4.87. The Balaban J connectivity index is 2.34. The second-order valence-corrected chi connectivity index (χ2v) is 7.68. The minimum atomic E-state index is -0.267. The highest BCUT2D eigenvalue weighted by molar-refractivity contribution is 7.73. The summed E-state index contributed by atoms with van der Waals surface area (Å²) in [4.78, 5) is 35.3. The zero-order valence-corrected chi connectivity index (χ0v) is 15.1. The Morgan fingerprint density at radius 1 is 0.692 bits per heavy atom. The summed E-state index contributed by atoms with van der Waals surface area (Å²) in [5, 5.41) is 1.13. The predicted octanol–water partition coefficient (Wildman–Crippen LogP) is 4.29. The van der Waals surface area contributed by atoms with Crippen LogP contribution >= 0.6 is 20.7 Å². The van der Waals surface area contributed by atoms with Gasteiger partial charge in [-0.05, 0) is 36.4 Å². The van der Waals surface area contributed by atoms with Crippen LogP contribution in [-0.4, -0.2) is 15.0 Å². The first-order valence-electron chi connectivity index (χ1n) is 7.83. The number of pyridine rings is 1. The molecule has 0 aliphatic rings. The van der Waals surface area contributed by atoms with Crippen molar-refractivity contribution in [2.75, 3.05) is 0 Å². The Kier molecular flexibility index (Phi) is 4.47. The van der Waals surface area contributed by atoms with Crippen LogP contribution in [0.5, 0.6) is 0 Å². The van der Waals surface area contributed by atoms with Crippen molar-refractivity contribution in [1.82, 2.24) is 15.0 Å². The van der Waals surface area contributed by atoms with Crippen LogP contribution in [0.25, 0.3) is 31.3 Å². The molecule has 0 amide bonds. The topological polar surface area (TPSA) is 78.6 Å². The van der Waals surface area contributed by atoms with Crippen LogP contribution in [0.1, 0.15) is 0 Å². The molecule has 2 aromatic carbocycles. The number of hydrogen-bond donors (Lipinski definition) is 2. The zero-order chi connectivity index (χ0) is 17.9. The van der Waals surface area contributed by atoms with Crippen LogP contribution in [-0.2, 0) is 0 Å². The van der Waals surface area contributed by atoms with Crippen molar-refractivity contribution in [2.24, 2.45) is 0 Å². The minimum Gasteiger partial charge on any atom is -0.319 e. The summed E-state index contributed by atoms with van der Waals surface area (Å²) in [5.41, 5.74) is 0.260. The van der Waals surface area contributed by atoms with E-state index in [-0.39, 0.29) is 11.1 Å². The van der Waals surface area contributed by atoms with Crippen molar-refractivity contribution in [3.05, 3.63) is 87.6 Å². The third-order valence-corrected chi connectivity index (χ3v) is 6.25. The van der Waals surface area contributed by atoms with Crippen molar-refractivity contribution in [2.45, 2.75) is 0 Å². The zero-order valence-electron chi connectivity index (χ0n) is 13.4. The fraction of sp³-hybridized carbons (Fsp3) is 0. The van der Waals surface area contributed by atoms with Crippen molar-refractivity contribution < 1.29 is 0 Å². The molecular formula is C19H13N3O2S2. The lowest BCUT2D eigenvalue weighted by Gasteiger charge is -1.95. The largest absolute Gasteiger partial charge is 0.319 e. The standard InChI is InChI=1S/C19H13N3O2S2/c23-18-12-6-1-3-9-15(12)25-26-16-10-4-2-7-13(16)19(24)22-17-14(21-18)8-5-11-20-17/h1-11H,(H,21,23)(H,20,22,24). The quantitative estimate of drug-likeness (QED) is 0.447. The number of hydrogen-bond acceptors (Lipinski definition) is 5. The normalized spacial score (nSPS) is 10.6. The van der Waals surface area contributed by atoms with Gasteiger partial charge in [-0.15, -0.1) is 0 Å². The van der Waals surface area contributed by atoms with Gasteiger partial charge in [0.1, 0.15) is 0 Å². The SMILES string of the molecule is O=c1[nH]c2cccnc2[nH]c(=O)c2ccccc2ssc2ccccc12. The molecule has 7 heteroatoms. The Morgan fingerprint density at radius 3 is 1.92 bits per heavy atom. The lowest BCUT2D eigenvalue weighted by atomic mass is 10.3. The molecule has 2 aromatic heterocycles. The summed E-state index contributed by atoms with van der Waals surface area (Å²) in [5.74, 6) is 0. The van der Waals surface area contributed by atoms with Gasteiger partial charge in [0.15, 0.2) is 5.65 Å². The smallest absolute Gasteiger partial charge is 0.258 e. The third kappa shape index (κ3) is 3.22. The average Bonchev–Trinajstić information content (AvgIpc) is 2.67. The molecule has 0 radical (unpaired) electrons. The molecule has 0 aliphatic carbocycles. The van der Waals surface area contributed by atoms with Crippen molar-refractivity contribution in [3.8, 4) is 0 Å². The van der Waals surface area contributed by atoms with E-state index >= 15 is 0 Å². The Labute approximate surface area is 154 Å². The van der Waals surface area contributed by atoms with E-state index in [0.29, 0.717) is 21.9 Å². The molecule has 128 valence electrons. The van der Waals surface area contributed by atoms with E-state index in [1.165, 1.54) is 20.7 Å². The molecule has 0 saturated heterocycles. The van der Waals surface area contributed by atoms with Crippen LogP contribution in [0.3, 0.4) is 0 Å². The summed E-state index contributed by atoms with van der Waals surface area (Å²) in [6, 6.07) is 18.2. The highest BCUT2D eigenvalue weighted by atomic mass is 32.9. The number of benzene rings is 2. The van der Waals surface area contributed by atoms with Gasteiger partial charge in [0.05, 0.1) is 25.7 Å². The van der Waals surface area contributed by atoms with E-state index in [2.05, 4.69) is 15.0 Å². The number of nitrogens with zero attached hydrogens (tertiary/aromatic N) is 1. The second-order valence-electron chi connectivity index (χ2n) is 5.47. The molecule has 0 atom stereocenters. The molecule has 0 aliphatic heterocycles. The predicted molar refractivity (Wildman–Crippen MR) is 109 cm³/mol. The van der Waals surface area contributed by atoms with Gasteiger partial charge in [-0.2, -0.15) is 0 Å². The van der Waals surface area contributed by atoms with E-state index in [9.17, 15) is 9.59 Å². The molecule has 0 saturated carbocycles. The summed E-state index contributed by atoms with van der Waals surface area (Å²) in [7, 11) is 2.90. The molecule has 2 N–H and O–H groups in total. The van der Waals surface area contributed by atoms with Gasteiger partial charge in [0.2, 0.25) is 0 Å². The molecular weight excluding hydrogens is 366 g/mol. The average molecular weight is 379 g/mol. The van der Waals surface area contributed by atoms with Gasteiger partial charge in [-0.25, -0.2) is 4.98 Å². The molecule has 4 aromatic rings. The van der Waals surface area contributed by atoms with Crippen molar-refractivity contribution >= 4 is 52.0 Å². The molecule has 5 nitrogen and oxygen atoms in total. The van der Waals surface area contributed by atoms with Crippen LogP contribution in [0, 0.1) is 0 Å². The number of fused-ring (bicyclic) bond motifs is 3. The maximum Gasteiger partial charge on any atom is 0.258 e. The first-order valence-corrected chi connectivity index (χ1v) is 9.97. The number of aromatic amines is 2. The monoisotopic (exact) mass is 379 g/mol. The first-order chi connectivity index (χ1) is 12.7. The number of H-pyrrole nitrogens is 2. The van der Waals surface area contributed by atoms with Crippen LogP contribution in [0.4, 0.5) is 0 Å². The van der Waals surface area contributed by atoms with Crippen molar-refractivity contribution in [1.29, 1.82) is 0 Å². The lowest BCUT2D eigenvalue weighted by Crippen LogP contribution is -2.06. The summed E-state index contributed by atoms with van der Waals surface area (Å²) < 4.78 is 1.65. The number of nitrogens with one attached hydrogen (secondary N) is 2. The molecule has 0 bridgehead atoms. The van der Waals surface area contributed by atoms with Gasteiger partial charge in [0.25, 0.3) is 11.1 Å². The van der Waals surface area contributed by atoms with E-state index < -0.39 is 0 Å². The highest BCUT2D eigenvalue weighted by Crippen LogP contribution is 2.21. The minimum absolute atomic E-state index is 0.244. The maximum atomic E-state index is 12.7. The Hall–Kier alpha value is -3.03. The van der Waals surface area contributed by atoms with Crippen molar-refractivity contribution in [3.63, 3.8) is 0 Å². The highest BCUT2D eigenvalue weighted by Gasteiger charge is 1.99. The first kappa shape index (κ1) is 16.4. The van der Waals surface area contributed by atoms with E-state index in [4.69, 9.17) is 0 Å². The molecule has 0 spiro atoms. The Morgan fingerprint density at radius 2 is 1.27 bits per heavy atom. The van der Waals surface area contributed by atoms with Gasteiger partial charge in [-0.3, -0.25) is 9.59 Å². The van der Waals surface area contributed by atoms with Crippen LogP contribution in [0.2, 0.25) is 0 Å². The maximum absolute atomic E-state index is 12.7. The van der Waals surface area contributed by atoms with Crippen LogP contribution in [0.15, 0.2) is 76.4 Å². The van der Waals surface area contributed by atoms with Gasteiger partial charge in [-0.1, -0.05) is 44.9 Å². The number of aromatic nitrogens is 3. The van der Waals surface area contributed by atoms with E-state index in [1.807, 2.05) is 36.4 Å². The van der Waals surface area contributed by atoms with Gasteiger partial charge >= 0.3 is 0 Å². The fourth-order valence-electron chi connectivity index (χ4n) is 2.51. The van der Waals surface area contributed by atoms with E-state index in [1.54, 1.807) is 30.5 Å². The molecule has 4 rings (SSSR count). The summed E-state index contributed by atoms with van der Waals surface area (Å²) in [6.45, 7) is 0. The van der Waals surface area contributed by atoms with Gasteiger partial charge < -0.3 is 9.97 Å². The molecule has 0 fully saturated rings. The summed E-state index contributed by atoms with van der Waals surface area (Å²) in [6.07, 6.45) is 1.57. The van der Waals surface area contributed by atoms with Gasteiger partial charge in [0, 0.05) is 6.20 Å². The Bertz CT molecular complexity index is 1240. The molecule has 26 heavy (non-hydrogen) atoms. The number of rotatable bonds is 0. The van der Waals surface area contributed by atoms with E-state index in [0.717, 1.165) is 9.40 Å². The third-order valence-electron chi connectivity index (χ3n) is 3.77. The molecule has 2 heterocycles.